The van der Waals surface area contributed by atoms with Gasteiger partial charge in [0.1, 0.15) is 0 Å². The van der Waals surface area contributed by atoms with Crippen LogP contribution in [0, 0.1) is 5.92 Å². The molecule has 21 heavy (non-hydrogen) atoms. The summed E-state index contributed by atoms with van der Waals surface area (Å²) in [6.45, 7) is 5.45. The van der Waals surface area contributed by atoms with E-state index in [-0.39, 0.29) is 5.92 Å². The lowest BCUT2D eigenvalue weighted by Crippen LogP contribution is -2.28. The number of likely N-dealkylation sites (tertiary alicyclic amines) is 1. The smallest absolute Gasteiger partial charge is 0.0828 e. The van der Waals surface area contributed by atoms with Crippen molar-refractivity contribution in [1.82, 2.24) is 4.90 Å². The highest BCUT2D eigenvalue weighted by molar-refractivity contribution is 8.00. The van der Waals surface area contributed by atoms with Crippen LogP contribution in [0.4, 0.5) is 0 Å². The maximum atomic E-state index is 10.6. The molecular formula is C17H24ClNOS. The summed E-state index contributed by atoms with van der Waals surface area (Å²) in [7, 11) is 0. The van der Waals surface area contributed by atoms with Crippen molar-refractivity contribution < 1.29 is 5.11 Å². The fraction of sp³-hybridized carbons (Fsp3) is 0.647. The first-order chi connectivity index (χ1) is 10.1. The number of thioether (sulfide) groups is 1. The summed E-state index contributed by atoms with van der Waals surface area (Å²) in [5, 5.41) is 12.1. The average Bonchev–Trinajstić information content (AvgIpc) is 3.14. The summed E-state index contributed by atoms with van der Waals surface area (Å²) in [6.07, 6.45) is 4.77. The lowest BCUT2D eigenvalue weighted by molar-refractivity contribution is 0.0945. The van der Waals surface area contributed by atoms with Crippen LogP contribution < -0.4 is 0 Å². The van der Waals surface area contributed by atoms with Gasteiger partial charge >= 0.3 is 0 Å². The molecule has 1 saturated heterocycles. The van der Waals surface area contributed by atoms with Gasteiger partial charge < -0.3 is 10.0 Å². The van der Waals surface area contributed by atoms with Gasteiger partial charge in [-0.3, -0.25) is 0 Å². The van der Waals surface area contributed by atoms with E-state index < -0.39 is 6.10 Å². The van der Waals surface area contributed by atoms with Crippen LogP contribution in [0.25, 0.3) is 0 Å². The summed E-state index contributed by atoms with van der Waals surface area (Å²) in [5.41, 5.74) is 0.951. The Morgan fingerprint density at radius 3 is 2.67 bits per heavy atom. The third-order valence-electron chi connectivity index (χ3n) is 4.40. The number of hydrogen-bond acceptors (Lipinski definition) is 3. The van der Waals surface area contributed by atoms with Gasteiger partial charge in [0.2, 0.25) is 0 Å². The number of halogens is 1. The first-order valence-electron chi connectivity index (χ1n) is 8.00. The van der Waals surface area contributed by atoms with Gasteiger partial charge in [-0.15, -0.1) is 11.8 Å². The van der Waals surface area contributed by atoms with Crippen LogP contribution in [0.1, 0.15) is 44.3 Å². The molecule has 2 aliphatic rings. The molecule has 0 amide bonds. The molecule has 1 aromatic rings. The van der Waals surface area contributed by atoms with E-state index >= 15 is 0 Å². The molecule has 1 heterocycles. The van der Waals surface area contributed by atoms with Crippen molar-refractivity contribution in [3.05, 3.63) is 28.8 Å². The standard InChI is InChI=1S/C17H24ClNOS/c1-12(11-19-8-2-3-9-19)17(20)13-4-7-16(15(18)10-13)21-14-5-6-14/h4,7,10,12,14,17,20H,2-3,5-6,8-9,11H2,1H3/t12-,17+/m1/s1. The molecule has 2 atom stereocenters. The lowest BCUT2D eigenvalue weighted by Gasteiger charge is -2.25. The van der Waals surface area contributed by atoms with E-state index in [4.69, 9.17) is 11.6 Å². The second-order valence-electron chi connectivity index (χ2n) is 6.44. The average molecular weight is 326 g/mol. The van der Waals surface area contributed by atoms with Crippen LogP contribution in [0.5, 0.6) is 0 Å². The Hall–Kier alpha value is -0.220. The molecule has 1 aliphatic carbocycles. The Morgan fingerprint density at radius 1 is 1.33 bits per heavy atom. The highest BCUT2D eigenvalue weighted by atomic mass is 35.5. The van der Waals surface area contributed by atoms with E-state index in [9.17, 15) is 5.11 Å². The summed E-state index contributed by atoms with van der Waals surface area (Å²) in [5.74, 6) is 0.237. The third kappa shape index (κ3) is 4.16. The number of hydrogen-bond donors (Lipinski definition) is 1. The molecule has 2 fully saturated rings. The molecule has 4 heteroatoms. The SMILES string of the molecule is C[C@H](CN1CCCC1)[C@H](O)c1ccc(SC2CC2)c(Cl)c1. The summed E-state index contributed by atoms with van der Waals surface area (Å²) in [4.78, 5) is 3.61. The van der Waals surface area contributed by atoms with E-state index in [1.54, 1.807) is 0 Å². The predicted molar refractivity (Wildman–Crippen MR) is 90.1 cm³/mol. The Morgan fingerprint density at radius 2 is 2.05 bits per heavy atom. The highest BCUT2D eigenvalue weighted by Crippen LogP contribution is 2.42. The Balaban J connectivity index is 1.62. The van der Waals surface area contributed by atoms with Crippen molar-refractivity contribution in [2.75, 3.05) is 19.6 Å². The minimum atomic E-state index is -0.428. The van der Waals surface area contributed by atoms with Crippen LogP contribution in [0.2, 0.25) is 5.02 Å². The maximum Gasteiger partial charge on any atom is 0.0828 e. The van der Waals surface area contributed by atoms with Crippen molar-refractivity contribution >= 4 is 23.4 Å². The molecule has 1 saturated carbocycles. The maximum absolute atomic E-state index is 10.6. The molecular weight excluding hydrogens is 302 g/mol. The van der Waals surface area contributed by atoms with E-state index in [0.717, 1.165) is 27.3 Å². The molecule has 1 N–H and O–H groups in total. The topological polar surface area (TPSA) is 23.5 Å². The fourth-order valence-corrected chi connectivity index (χ4v) is 4.33. The van der Waals surface area contributed by atoms with Gasteiger partial charge in [-0.25, -0.2) is 0 Å². The minimum absolute atomic E-state index is 0.237. The molecule has 0 aromatic heterocycles. The Kier molecular flexibility index (Phi) is 5.15. The number of aliphatic hydroxyl groups excluding tert-OH is 1. The lowest BCUT2D eigenvalue weighted by atomic mass is 9.97. The zero-order valence-corrected chi connectivity index (χ0v) is 14.2. The molecule has 0 spiro atoms. The quantitative estimate of drug-likeness (QED) is 0.840. The summed E-state index contributed by atoms with van der Waals surface area (Å²) >= 11 is 8.25. The van der Waals surface area contributed by atoms with Gasteiger partial charge in [0.05, 0.1) is 11.1 Å². The number of nitrogens with zero attached hydrogens (tertiary/aromatic N) is 1. The molecule has 1 aromatic carbocycles. The number of aliphatic hydroxyl groups is 1. The van der Waals surface area contributed by atoms with Gasteiger partial charge in [0.25, 0.3) is 0 Å². The van der Waals surface area contributed by atoms with Gasteiger partial charge in [-0.05, 0) is 62.4 Å². The van der Waals surface area contributed by atoms with Crippen molar-refractivity contribution in [3.8, 4) is 0 Å². The first kappa shape index (κ1) is 15.7. The Bertz CT molecular complexity index is 486. The molecule has 0 unspecified atom stereocenters. The zero-order valence-electron chi connectivity index (χ0n) is 12.6. The second-order valence-corrected chi connectivity index (χ2v) is 8.19. The summed E-state index contributed by atoms with van der Waals surface area (Å²) < 4.78 is 0. The van der Waals surface area contributed by atoms with Crippen LogP contribution >= 0.6 is 23.4 Å². The molecule has 3 rings (SSSR count). The fourth-order valence-electron chi connectivity index (χ4n) is 2.96. The third-order valence-corrected chi connectivity index (χ3v) is 6.24. The van der Waals surface area contributed by atoms with Crippen molar-refractivity contribution in [3.63, 3.8) is 0 Å². The van der Waals surface area contributed by atoms with E-state index in [1.165, 1.54) is 38.8 Å². The van der Waals surface area contributed by atoms with Gasteiger partial charge in [-0.1, -0.05) is 24.6 Å². The van der Waals surface area contributed by atoms with Crippen molar-refractivity contribution in [1.29, 1.82) is 0 Å². The number of benzene rings is 1. The molecule has 1 aliphatic heterocycles. The van der Waals surface area contributed by atoms with Crippen molar-refractivity contribution in [2.45, 2.75) is 48.9 Å². The van der Waals surface area contributed by atoms with Gasteiger partial charge in [0, 0.05) is 16.7 Å². The van der Waals surface area contributed by atoms with E-state index in [0.29, 0.717) is 0 Å². The normalized spacial score (nSPS) is 22.4. The predicted octanol–water partition coefficient (Wildman–Crippen LogP) is 4.36. The van der Waals surface area contributed by atoms with Crippen molar-refractivity contribution in [2.24, 2.45) is 5.92 Å². The zero-order chi connectivity index (χ0) is 14.8. The van der Waals surface area contributed by atoms with E-state index in [2.05, 4.69) is 17.9 Å². The van der Waals surface area contributed by atoms with Crippen LogP contribution in [0.15, 0.2) is 23.1 Å². The summed E-state index contributed by atoms with van der Waals surface area (Å²) in [6, 6.07) is 6.08. The first-order valence-corrected chi connectivity index (χ1v) is 9.26. The van der Waals surface area contributed by atoms with Crippen LogP contribution in [-0.2, 0) is 0 Å². The van der Waals surface area contributed by atoms with Gasteiger partial charge in [-0.2, -0.15) is 0 Å². The number of rotatable bonds is 6. The molecule has 2 nitrogen and oxygen atoms in total. The Labute approximate surface area is 136 Å². The van der Waals surface area contributed by atoms with Crippen LogP contribution in [0.3, 0.4) is 0 Å². The second kappa shape index (κ2) is 6.91. The highest BCUT2D eigenvalue weighted by Gasteiger charge is 2.25. The largest absolute Gasteiger partial charge is 0.388 e. The minimum Gasteiger partial charge on any atom is -0.388 e. The molecule has 0 bridgehead atoms. The monoisotopic (exact) mass is 325 g/mol. The molecule has 116 valence electrons. The van der Waals surface area contributed by atoms with Crippen LogP contribution in [-0.4, -0.2) is 34.9 Å². The van der Waals surface area contributed by atoms with E-state index in [1.807, 2.05) is 23.9 Å². The molecule has 0 radical (unpaired) electrons. The van der Waals surface area contributed by atoms with Gasteiger partial charge in [0.15, 0.2) is 0 Å².